The monoisotopic (exact) mass is 286 g/mol. The summed E-state index contributed by atoms with van der Waals surface area (Å²) < 4.78 is 5.19. The SMILES string of the molecule is CC#CCCNC1CC(NC(=O)OCc2ccccc2)C1. The van der Waals surface area contributed by atoms with Crippen LogP contribution >= 0.6 is 0 Å². The van der Waals surface area contributed by atoms with Gasteiger partial charge in [0.2, 0.25) is 0 Å². The molecule has 0 saturated heterocycles. The number of alkyl carbamates (subject to hydrolysis) is 1. The van der Waals surface area contributed by atoms with Gasteiger partial charge in [-0.25, -0.2) is 4.79 Å². The molecule has 1 aromatic carbocycles. The molecule has 0 heterocycles. The second-order valence-corrected chi connectivity index (χ2v) is 5.20. The van der Waals surface area contributed by atoms with E-state index in [0.717, 1.165) is 31.4 Å². The molecule has 1 amide bonds. The van der Waals surface area contributed by atoms with Crippen molar-refractivity contribution < 1.29 is 9.53 Å². The molecule has 0 atom stereocenters. The van der Waals surface area contributed by atoms with Crippen LogP contribution in [-0.2, 0) is 11.3 Å². The van der Waals surface area contributed by atoms with Crippen molar-refractivity contribution in [3.8, 4) is 11.8 Å². The summed E-state index contributed by atoms with van der Waals surface area (Å²) in [5, 5.41) is 6.31. The third kappa shape index (κ3) is 5.49. The Bertz CT molecular complexity index is 499. The van der Waals surface area contributed by atoms with Gasteiger partial charge in [0.25, 0.3) is 0 Å². The highest BCUT2D eigenvalue weighted by molar-refractivity contribution is 5.67. The number of benzene rings is 1. The Hall–Kier alpha value is -1.99. The number of rotatable bonds is 6. The molecule has 2 rings (SSSR count). The number of carbonyl (C=O) groups is 1. The molecule has 1 aliphatic carbocycles. The summed E-state index contributed by atoms with van der Waals surface area (Å²) >= 11 is 0. The van der Waals surface area contributed by atoms with Crippen LogP contribution in [0.3, 0.4) is 0 Å². The Morgan fingerprint density at radius 3 is 2.76 bits per heavy atom. The van der Waals surface area contributed by atoms with Gasteiger partial charge in [-0.05, 0) is 25.3 Å². The van der Waals surface area contributed by atoms with Crippen LogP contribution in [0.4, 0.5) is 4.79 Å². The first-order valence-electron chi connectivity index (χ1n) is 7.38. The van der Waals surface area contributed by atoms with Crippen LogP contribution in [0.1, 0.15) is 31.7 Å². The zero-order valence-corrected chi connectivity index (χ0v) is 12.4. The van der Waals surface area contributed by atoms with Crippen molar-refractivity contribution >= 4 is 6.09 Å². The van der Waals surface area contributed by atoms with Crippen LogP contribution in [0.25, 0.3) is 0 Å². The van der Waals surface area contributed by atoms with Gasteiger partial charge in [0, 0.05) is 25.0 Å². The number of nitrogens with one attached hydrogen (secondary N) is 2. The molecular formula is C17H22N2O2. The van der Waals surface area contributed by atoms with E-state index >= 15 is 0 Å². The zero-order valence-electron chi connectivity index (χ0n) is 12.4. The van der Waals surface area contributed by atoms with Crippen molar-refractivity contribution in [2.75, 3.05) is 6.54 Å². The van der Waals surface area contributed by atoms with Gasteiger partial charge in [-0.15, -0.1) is 11.8 Å². The van der Waals surface area contributed by atoms with Crippen molar-refractivity contribution in [1.82, 2.24) is 10.6 Å². The van der Waals surface area contributed by atoms with Gasteiger partial charge in [-0.2, -0.15) is 0 Å². The normalized spacial score (nSPS) is 19.9. The molecule has 112 valence electrons. The molecule has 0 bridgehead atoms. The van der Waals surface area contributed by atoms with E-state index in [1.807, 2.05) is 37.3 Å². The van der Waals surface area contributed by atoms with Crippen molar-refractivity contribution in [1.29, 1.82) is 0 Å². The summed E-state index contributed by atoms with van der Waals surface area (Å²) in [6.45, 7) is 3.08. The van der Waals surface area contributed by atoms with Crippen molar-refractivity contribution in [3.05, 3.63) is 35.9 Å². The molecule has 0 unspecified atom stereocenters. The highest BCUT2D eigenvalue weighted by Crippen LogP contribution is 2.20. The van der Waals surface area contributed by atoms with Crippen molar-refractivity contribution in [2.45, 2.75) is 44.9 Å². The minimum atomic E-state index is -0.334. The van der Waals surface area contributed by atoms with Crippen LogP contribution in [0.2, 0.25) is 0 Å². The number of hydrogen-bond donors (Lipinski definition) is 2. The van der Waals surface area contributed by atoms with Gasteiger partial charge in [0.15, 0.2) is 0 Å². The van der Waals surface area contributed by atoms with E-state index < -0.39 is 0 Å². The van der Waals surface area contributed by atoms with E-state index in [1.165, 1.54) is 0 Å². The highest BCUT2D eigenvalue weighted by atomic mass is 16.5. The smallest absolute Gasteiger partial charge is 0.407 e. The molecule has 0 radical (unpaired) electrons. The Morgan fingerprint density at radius 2 is 2.05 bits per heavy atom. The molecule has 0 aromatic heterocycles. The first-order chi connectivity index (χ1) is 10.3. The Morgan fingerprint density at radius 1 is 1.29 bits per heavy atom. The molecule has 0 spiro atoms. The summed E-state index contributed by atoms with van der Waals surface area (Å²) in [5.41, 5.74) is 0.998. The van der Waals surface area contributed by atoms with Crippen LogP contribution in [0, 0.1) is 11.8 Å². The Balaban J connectivity index is 1.55. The lowest BCUT2D eigenvalue weighted by Gasteiger charge is -2.36. The van der Waals surface area contributed by atoms with E-state index in [2.05, 4.69) is 22.5 Å². The first kappa shape index (κ1) is 15.4. The maximum absolute atomic E-state index is 11.7. The second-order valence-electron chi connectivity index (χ2n) is 5.20. The summed E-state index contributed by atoms with van der Waals surface area (Å²) in [6.07, 6.45) is 2.46. The van der Waals surface area contributed by atoms with Crippen LogP contribution < -0.4 is 10.6 Å². The van der Waals surface area contributed by atoms with Gasteiger partial charge in [-0.3, -0.25) is 0 Å². The van der Waals surface area contributed by atoms with Crippen LogP contribution in [-0.4, -0.2) is 24.7 Å². The quantitative estimate of drug-likeness (QED) is 0.624. The van der Waals surface area contributed by atoms with Crippen LogP contribution in [0.5, 0.6) is 0 Å². The van der Waals surface area contributed by atoms with E-state index in [-0.39, 0.29) is 12.1 Å². The lowest BCUT2D eigenvalue weighted by atomic mass is 9.87. The maximum Gasteiger partial charge on any atom is 0.407 e. The minimum Gasteiger partial charge on any atom is -0.445 e. The van der Waals surface area contributed by atoms with E-state index in [1.54, 1.807) is 0 Å². The van der Waals surface area contributed by atoms with Gasteiger partial charge >= 0.3 is 6.09 Å². The van der Waals surface area contributed by atoms with E-state index in [9.17, 15) is 4.79 Å². The van der Waals surface area contributed by atoms with E-state index in [0.29, 0.717) is 12.6 Å². The highest BCUT2D eigenvalue weighted by Gasteiger charge is 2.29. The molecule has 1 fully saturated rings. The largest absolute Gasteiger partial charge is 0.445 e. The average Bonchev–Trinajstić information content (AvgIpc) is 2.47. The third-order valence-corrected chi connectivity index (χ3v) is 3.53. The molecule has 2 N–H and O–H groups in total. The summed E-state index contributed by atoms with van der Waals surface area (Å²) in [6, 6.07) is 10.4. The summed E-state index contributed by atoms with van der Waals surface area (Å²) in [4.78, 5) is 11.7. The number of hydrogen-bond acceptors (Lipinski definition) is 3. The molecular weight excluding hydrogens is 264 g/mol. The molecule has 0 aliphatic heterocycles. The van der Waals surface area contributed by atoms with Crippen LogP contribution in [0.15, 0.2) is 30.3 Å². The zero-order chi connectivity index (χ0) is 14.9. The molecule has 21 heavy (non-hydrogen) atoms. The van der Waals surface area contributed by atoms with Gasteiger partial charge in [-0.1, -0.05) is 30.3 Å². The summed E-state index contributed by atoms with van der Waals surface area (Å²) in [5.74, 6) is 5.90. The number of ether oxygens (including phenoxy) is 1. The van der Waals surface area contributed by atoms with Gasteiger partial charge < -0.3 is 15.4 Å². The minimum absolute atomic E-state index is 0.225. The van der Waals surface area contributed by atoms with Gasteiger partial charge in [0.1, 0.15) is 6.61 Å². The van der Waals surface area contributed by atoms with E-state index in [4.69, 9.17) is 4.74 Å². The molecule has 1 aromatic rings. The second kappa shape index (κ2) is 8.33. The lowest BCUT2D eigenvalue weighted by Crippen LogP contribution is -2.52. The fraction of sp³-hybridized carbons (Fsp3) is 0.471. The number of amides is 1. The number of carbonyl (C=O) groups excluding carboxylic acids is 1. The third-order valence-electron chi connectivity index (χ3n) is 3.53. The first-order valence-corrected chi connectivity index (χ1v) is 7.38. The molecule has 4 heteroatoms. The fourth-order valence-electron chi connectivity index (χ4n) is 2.30. The Kier molecular flexibility index (Phi) is 6.11. The predicted molar refractivity (Wildman–Crippen MR) is 82.6 cm³/mol. The molecule has 1 saturated carbocycles. The van der Waals surface area contributed by atoms with Crippen molar-refractivity contribution in [2.24, 2.45) is 0 Å². The van der Waals surface area contributed by atoms with Gasteiger partial charge in [0.05, 0.1) is 0 Å². The fourth-order valence-corrected chi connectivity index (χ4v) is 2.30. The average molecular weight is 286 g/mol. The topological polar surface area (TPSA) is 50.4 Å². The van der Waals surface area contributed by atoms with Crippen molar-refractivity contribution in [3.63, 3.8) is 0 Å². The molecule has 1 aliphatic rings. The maximum atomic E-state index is 11.7. The molecule has 4 nitrogen and oxygen atoms in total. The lowest BCUT2D eigenvalue weighted by molar-refractivity contribution is 0.125. The standard InChI is InChI=1S/C17H22N2O2/c1-2-3-7-10-18-15-11-16(12-15)19-17(20)21-13-14-8-5-4-6-9-14/h4-6,8-9,15-16,18H,7,10-13H2,1H3,(H,19,20). The Labute approximate surface area is 126 Å². The summed E-state index contributed by atoms with van der Waals surface area (Å²) in [7, 11) is 0. The predicted octanol–water partition coefficient (Wildman–Crippen LogP) is 2.45.